The van der Waals surface area contributed by atoms with Gasteiger partial charge in [0.15, 0.2) is 0 Å². The fourth-order valence-electron chi connectivity index (χ4n) is 2.51. The van der Waals surface area contributed by atoms with E-state index in [-0.39, 0.29) is 0 Å². The minimum Gasteiger partial charge on any atom is -0.346 e. The normalized spacial score (nSPS) is 12.0. The first kappa shape index (κ1) is 15.0. The Morgan fingerprint density at radius 1 is 0.955 bits per heavy atom. The molecule has 0 radical (unpaired) electrons. The van der Waals surface area contributed by atoms with Crippen LogP contribution in [0.5, 0.6) is 0 Å². The molecule has 0 N–H and O–H groups in total. The summed E-state index contributed by atoms with van der Waals surface area (Å²) in [7, 11) is 0. The molecule has 0 saturated carbocycles. The predicted octanol–water partition coefficient (Wildman–Crippen LogP) is 5.56. The summed E-state index contributed by atoms with van der Waals surface area (Å²) < 4.78 is 39.6. The van der Waals surface area contributed by atoms with Gasteiger partial charge in [0.1, 0.15) is 0 Å². The van der Waals surface area contributed by atoms with Crippen molar-refractivity contribution in [3.8, 4) is 0 Å². The highest BCUT2D eigenvalue weighted by molar-refractivity contribution is 6.35. The molecule has 0 unspecified atom stereocenters. The Labute approximate surface area is 130 Å². The second-order valence-corrected chi connectivity index (χ2v) is 5.54. The van der Waals surface area contributed by atoms with Crippen LogP contribution in [0.25, 0.3) is 10.9 Å². The maximum absolute atomic E-state index is 12.5. The van der Waals surface area contributed by atoms with Crippen LogP contribution in [0.15, 0.2) is 54.7 Å². The zero-order valence-corrected chi connectivity index (χ0v) is 12.3. The van der Waals surface area contributed by atoms with Crippen molar-refractivity contribution in [1.82, 2.24) is 4.57 Å². The minimum atomic E-state index is -4.29. The molecule has 22 heavy (non-hydrogen) atoms. The van der Waals surface area contributed by atoms with E-state index in [9.17, 15) is 13.2 Å². The van der Waals surface area contributed by atoms with E-state index in [2.05, 4.69) is 0 Å². The van der Waals surface area contributed by atoms with Gasteiger partial charge >= 0.3 is 6.18 Å². The SMILES string of the molecule is FC(F)(F)c1ccc(CCn2ccc3cccc(Cl)c32)cc1. The van der Waals surface area contributed by atoms with Crippen molar-refractivity contribution < 1.29 is 13.2 Å². The Morgan fingerprint density at radius 2 is 1.68 bits per heavy atom. The predicted molar refractivity (Wildman–Crippen MR) is 82.1 cm³/mol. The van der Waals surface area contributed by atoms with Gasteiger partial charge in [0.2, 0.25) is 0 Å². The summed E-state index contributed by atoms with van der Waals surface area (Å²) in [5, 5.41) is 1.73. The van der Waals surface area contributed by atoms with Gasteiger partial charge in [-0.3, -0.25) is 0 Å². The standard InChI is InChI=1S/C17H13ClF3N/c18-15-3-1-2-13-9-11-22(16(13)15)10-8-12-4-6-14(7-5-12)17(19,20)21/h1-7,9,11H,8,10H2. The van der Waals surface area contributed by atoms with Crippen molar-refractivity contribution in [1.29, 1.82) is 0 Å². The second kappa shape index (κ2) is 5.69. The summed E-state index contributed by atoms with van der Waals surface area (Å²) in [6, 6.07) is 13.0. The summed E-state index contributed by atoms with van der Waals surface area (Å²) in [6.07, 6.45) is -1.70. The highest BCUT2D eigenvalue weighted by Crippen LogP contribution is 2.29. The molecule has 1 aromatic heterocycles. The van der Waals surface area contributed by atoms with Crippen LogP contribution >= 0.6 is 11.6 Å². The van der Waals surface area contributed by atoms with Gasteiger partial charge in [-0.05, 0) is 36.2 Å². The Morgan fingerprint density at radius 3 is 2.36 bits per heavy atom. The lowest BCUT2D eigenvalue weighted by Crippen LogP contribution is -2.05. The van der Waals surface area contributed by atoms with Crippen molar-refractivity contribution in [2.75, 3.05) is 0 Å². The van der Waals surface area contributed by atoms with Gasteiger partial charge in [-0.2, -0.15) is 13.2 Å². The number of benzene rings is 2. The molecule has 0 spiro atoms. The van der Waals surface area contributed by atoms with Gasteiger partial charge in [0.25, 0.3) is 0 Å². The Balaban J connectivity index is 1.77. The zero-order valence-electron chi connectivity index (χ0n) is 11.6. The maximum atomic E-state index is 12.5. The summed E-state index contributed by atoms with van der Waals surface area (Å²) in [5.41, 5.74) is 1.20. The molecule has 114 valence electrons. The van der Waals surface area contributed by atoms with E-state index in [4.69, 9.17) is 11.6 Å². The number of hydrogen-bond donors (Lipinski definition) is 0. The van der Waals surface area contributed by atoms with E-state index in [1.54, 1.807) is 0 Å². The van der Waals surface area contributed by atoms with E-state index in [1.807, 2.05) is 35.0 Å². The molecule has 1 heterocycles. The van der Waals surface area contributed by atoms with E-state index in [0.717, 1.165) is 28.6 Å². The Kier molecular flexibility index (Phi) is 3.87. The Bertz CT molecular complexity index is 788. The molecule has 3 rings (SSSR count). The lowest BCUT2D eigenvalue weighted by atomic mass is 10.1. The van der Waals surface area contributed by atoms with Gasteiger partial charge < -0.3 is 4.57 Å². The van der Waals surface area contributed by atoms with Crippen LogP contribution in [0.4, 0.5) is 13.2 Å². The van der Waals surface area contributed by atoms with Gasteiger partial charge in [0, 0.05) is 18.1 Å². The van der Waals surface area contributed by atoms with Crippen molar-refractivity contribution in [3.05, 3.63) is 70.9 Å². The first-order chi connectivity index (χ1) is 10.4. The molecule has 0 atom stereocenters. The highest BCUT2D eigenvalue weighted by atomic mass is 35.5. The van der Waals surface area contributed by atoms with Crippen LogP contribution in [0, 0.1) is 0 Å². The lowest BCUT2D eigenvalue weighted by molar-refractivity contribution is -0.137. The topological polar surface area (TPSA) is 4.93 Å². The summed E-state index contributed by atoms with van der Waals surface area (Å²) in [6.45, 7) is 0.665. The van der Waals surface area contributed by atoms with Gasteiger partial charge in [0.05, 0.1) is 16.1 Å². The number of para-hydroxylation sites is 1. The van der Waals surface area contributed by atoms with E-state index >= 15 is 0 Å². The molecular formula is C17H13ClF3N. The second-order valence-electron chi connectivity index (χ2n) is 5.13. The van der Waals surface area contributed by atoms with Gasteiger partial charge in [-0.15, -0.1) is 0 Å². The van der Waals surface area contributed by atoms with Gasteiger partial charge in [-0.25, -0.2) is 0 Å². The first-order valence-corrected chi connectivity index (χ1v) is 7.22. The molecule has 0 amide bonds. The number of aryl methyl sites for hydroxylation is 2. The van der Waals surface area contributed by atoms with E-state index < -0.39 is 11.7 Å². The number of nitrogens with zero attached hydrogens (tertiary/aromatic N) is 1. The molecule has 0 aliphatic carbocycles. The number of fused-ring (bicyclic) bond motifs is 1. The van der Waals surface area contributed by atoms with Crippen LogP contribution < -0.4 is 0 Å². The third-order valence-corrected chi connectivity index (χ3v) is 3.97. The number of alkyl halides is 3. The first-order valence-electron chi connectivity index (χ1n) is 6.84. The van der Waals surface area contributed by atoms with Crippen LogP contribution in [-0.2, 0) is 19.1 Å². The number of rotatable bonds is 3. The quantitative estimate of drug-likeness (QED) is 0.595. The molecule has 2 aromatic carbocycles. The lowest BCUT2D eigenvalue weighted by Gasteiger charge is -2.09. The van der Waals surface area contributed by atoms with Crippen molar-refractivity contribution in [2.45, 2.75) is 19.1 Å². The number of halogens is 4. The molecule has 0 fully saturated rings. The smallest absolute Gasteiger partial charge is 0.346 e. The average Bonchev–Trinajstić information content (AvgIpc) is 2.89. The maximum Gasteiger partial charge on any atom is 0.416 e. The van der Waals surface area contributed by atoms with Crippen molar-refractivity contribution in [3.63, 3.8) is 0 Å². The van der Waals surface area contributed by atoms with Crippen molar-refractivity contribution >= 4 is 22.5 Å². The largest absolute Gasteiger partial charge is 0.416 e. The molecule has 1 nitrogen and oxygen atoms in total. The fourth-order valence-corrected chi connectivity index (χ4v) is 2.80. The third-order valence-electron chi connectivity index (χ3n) is 3.66. The van der Waals surface area contributed by atoms with Crippen LogP contribution in [0.2, 0.25) is 5.02 Å². The monoisotopic (exact) mass is 323 g/mol. The van der Waals surface area contributed by atoms with Crippen molar-refractivity contribution in [2.24, 2.45) is 0 Å². The van der Waals surface area contributed by atoms with Crippen LogP contribution in [0.1, 0.15) is 11.1 Å². The third kappa shape index (κ3) is 2.97. The molecule has 0 saturated heterocycles. The van der Waals surface area contributed by atoms with E-state index in [1.165, 1.54) is 12.1 Å². The van der Waals surface area contributed by atoms with Crippen LogP contribution in [-0.4, -0.2) is 4.57 Å². The zero-order chi connectivity index (χ0) is 15.7. The average molecular weight is 324 g/mol. The number of hydrogen-bond acceptors (Lipinski definition) is 0. The fraction of sp³-hybridized carbons (Fsp3) is 0.176. The molecule has 3 aromatic rings. The summed E-state index contributed by atoms with van der Waals surface area (Å²) in [4.78, 5) is 0. The molecule has 5 heteroatoms. The molecule has 0 bridgehead atoms. The molecular weight excluding hydrogens is 311 g/mol. The molecule has 0 aliphatic heterocycles. The van der Waals surface area contributed by atoms with E-state index in [0.29, 0.717) is 18.0 Å². The molecule has 0 aliphatic rings. The highest BCUT2D eigenvalue weighted by Gasteiger charge is 2.29. The van der Waals surface area contributed by atoms with Crippen LogP contribution in [0.3, 0.4) is 0 Å². The minimum absolute atomic E-state index is 0.620. The Hall–Kier alpha value is -1.94. The summed E-state index contributed by atoms with van der Waals surface area (Å²) >= 11 is 6.21. The summed E-state index contributed by atoms with van der Waals surface area (Å²) in [5.74, 6) is 0. The van der Waals surface area contributed by atoms with Gasteiger partial charge in [-0.1, -0.05) is 35.9 Å². The number of aromatic nitrogens is 1.